The number of aromatic amines is 1. The molecular formula is C24H31N4OS+. The zero-order chi connectivity index (χ0) is 20.6. The quantitative estimate of drug-likeness (QED) is 0.331. The van der Waals surface area contributed by atoms with Crippen molar-refractivity contribution in [3.8, 4) is 0 Å². The fourth-order valence-electron chi connectivity index (χ4n) is 4.18. The number of benzene rings is 2. The van der Waals surface area contributed by atoms with Crippen LogP contribution in [0.3, 0.4) is 0 Å². The van der Waals surface area contributed by atoms with E-state index in [2.05, 4.69) is 76.4 Å². The largest absolute Gasteiger partial charge is 0.370 e. The number of H-pyrrole nitrogens is 1. The Morgan fingerprint density at radius 2 is 1.80 bits per heavy atom. The Morgan fingerprint density at radius 1 is 1.03 bits per heavy atom. The molecule has 1 saturated heterocycles. The van der Waals surface area contributed by atoms with E-state index in [1.54, 1.807) is 4.90 Å². The molecule has 0 unspecified atom stereocenters. The summed E-state index contributed by atoms with van der Waals surface area (Å²) < 4.78 is 5.42. The van der Waals surface area contributed by atoms with Gasteiger partial charge < -0.3 is 25.3 Å². The van der Waals surface area contributed by atoms with Crippen LogP contribution in [0.1, 0.15) is 23.5 Å². The molecule has 1 fully saturated rings. The number of ether oxygens (including phenoxy) is 1. The van der Waals surface area contributed by atoms with E-state index in [9.17, 15) is 0 Å². The predicted octanol–water partition coefficient (Wildman–Crippen LogP) is 2.07. The van der Waals surface area contributed by atoms with Crippen molar-refractivity contribution >= 4 is 28.2 Å². The molecule has 0 amide bonds. The van der Waals surface area contributed by atoms with E-state index in [0.717, 1.165) is 50.9 Å². The summed E-state index contributed by atoms with van der Waals surface area (Å²) in [5.41, 5.74) is 3.75. The summed E-state index contributed by atoms with van der Waals surface area (Å²) in [7, 11) is 0. The van der Waals surface area contributed by atoms with E-state index in [1.165, 1.54) is 28.6 Å². The maximum Gasteiger partial charge on any atom is 0.166 e. The molecular weight excluding hydrogens is 392 g/mol. The fourth-order valence-corrected chi connectivity index (χ4v) is 4.37. The van der Waals surface area contributed by atoms with Gasteiger partial charge in [0.15, 0.2) is 5.11 Å². The first-order valence-electron chi connectivity index (χ1n) is 10.9. The van der Waals surface area contributed by atoms with E-state index in [0.29, 0.717) is 0 Å². The van der Waals surface area contributed by atoms with E-state index in [-0.39, 0.29) is 5.92 Å². The van der Waals surface area contributed by atoms with Gasteiger partial charge in [-0.05, 0) is 29.4 Å². The van der Waals surface area contributed by atoms with Crippen molar-refractivity contribution in [1.82, 2.24) is 15.6 Å². The predicted molar refractivity (Wildman–Crippen MR) is 126 cm³/mol. The van der Waals surface area contributed by atoms with Crippen molar-refractivity contribution in [3.05, 3.63) is 71.9 Å². The molecule has 5 nitrogen and oxygen atoms in total. The smallest absolute Gasteiger partial charge is 0.166 e. The van der Waals surface area contributed by atoms with Crippen LogP contribution < -0.4 is 15.5 Å². The minimum Gasteiger partial charge on any atom is -0.370 e. The topological polar surface area (TPSA) is 53.5 Å². The monoisotopic (exact) mass is 423 g/mol. The molecule has 2 heterocycles. The van der Waals surface area contributed by atoms with Crippen LogP contribution >= 0.6 is 12.2 Å². The second-order valence-corrected chi connectivity index (χ2v) is 8.26. The Kier molecular flexibility index (Phi) is 7.34. The first-order valence-corrected chi connectivity index (χ1v) is 11.3. The molecule has 4 rings (SSSR count). The van der Waals surface area contributed by atoms with Crippen LogP contribution in [-0.4, -0.2) is 56.0 Å². The molecule has 0 saturated carbocycles. The summed E-state index contributed by atoms with van der Waals surface area (Å²) in [5.74, 6) is 0.222. The molecule has 6 heteroatoms. The van der Waals surface area contributed by atoms with Crippen molar-refractivity contribution < 1.29 is 9.64 Å². The first-order chi connectivity index (χ1) is 14.8. The van der Waals surface area contributed by atoms with Gasteiger partial charge in [-0.2, -0.15) is 0 Å². The maximum absolute atomic E-state index is 5.56. The Labute approximate surface area is 183 Å². The second-order valence-electron chi connectivity index (χ2n) is 7.86. The number of nitrogens with one attached hydrogen (secondary N) is 4. The number of hydrogen-bond donors (Lipinski definition) is 4. The summed E-state index contributed by atoms with van der Waals surface area (Å²) in [6.45, 7) is 6.83. The number of quaternary nitrogens is 1. The highest BCUT2D eigenvalue weighted by atomic mass is 32.1. The van der Waals surface area contributed by atoms with Crippen LogP contribution in [-0.2, 0) is 4.74 Å². The van der Waals surface area contributed by atoms with E-state index in [1.807, 2.05) is 0 Å². The van der Waals surface area contributed by atoms with Gasteiger partial charge >= 0.3 is 0 Å². The van der Waals surface area contributed by atoms with E-state index < -0.39 is 0 Å². The minimum atomic E-state index is 0.222. The number of para-hydroxylation sites is 1. The first kappa shape index (κ1) is 20.8. The second kappa shape index (κ2) is 10.6. The van der Waals surface area contributed by atoms with Crippen molar-refractivity contribution in [2.45, 2.75) is 12.3 Å². The third kappa shape index (κ3) is 5.39. The highest BCUT2D eigenvalue weighted by Gasteiger charge is 2.18. The summed E-state index contributed by atoms with van der Waals surface area (Å²) in [5, 5.41) is 8.83. The number of hydrogen-bond acceptors (Lipinski definition) is 2. The standard InChI is InChI=1S/C24H30N4OS/c30-24(25-11-6-12-28-13-15-29-16-14-28)27-17-21(19-7-2-1-3-8-19)22-18-26-23-10-5-4-9-20(22)23/h1-5,7-10,18,21,26H,6,11-17H2,(H2,25,27,30)/p+1/t21-/m1/s1. The van der Waals surface area contributed by atoms with Gasteiger partial charge in [0.1, 0.15) is 13.1 Å². The number of thiocarbonyl (C=S) groups is 1. The van der Waals surface area contributed by atoms with Gasteiger partial charge in [0.2, 0.25) is 0 Å². The number of morpholine rings is 1. The Balaban J connectivity index is 1.34. The average Bonchev–Trinajstić information content (AvgIpc) is 3.22. The van der Waals surface area contributed by atoms with E-state index >= 15 is 0 Å². The molecule has 0 radical (unpaired) electrons. The fraction of sp³-hybridized carbons (Fsp3) is 0.375. The van der Waals surface area contributed by atoms with Crippen molar-refractivity contribution in [3.63, 3.8) is 0 Å². The molecule has 3 aromatic rings. The molecule has 0 bridgehead atoms. The zero-order valence-corrected chi connectivity index (χ0v) is 18.1. The van der Waals surface area contributed by atoms with Gasteiger partial charge in [-0.3, -0.25) is 0 Å². The summed E-state index contributed by atoms with van der Waals surface area (Å²) in [4.78, 5) is 5.04. The molecule has 2 aromatic carbocycles. The molecule has 1 aliphatic heterocycles. The number of rotatable bonds is 8. The molecule has 0 spiro atoms. The molecule has 1 aromatic heterocycles. The maximum atomic E-state index is 5.56. The lowest BCUT2D eigenvalue weighted by atomic mass is 9.91. The van der Waals surface area contributed by atoms with Crippen LogP contribution in [0.5, 0.6) is 0 Å². The van der Waals surface area contributed by atoms with Crippen LogP contribution in [0, 0.1) is 0 Å². The molecule has 0 aliphatic carbocycles. The van der Waals surface area contributed by atoms with Gasteiger partial charge in [0.05, 0.1) is 19.8 Å². The summed E-state index contributed by atoms with van der Waals surface area (Å²) >= 11 is 5.56. The molecule has 1 aliphatic rings. The van der Waals surface area contributed by atoms with Crippen LogP contribution in [0.4, 0.5) is 0 Å². The number of fused-ring (bicyclic) bond motifs is 1. The average molecular weight is 424 g/mol. The third-order valence-electron chi connectivity index (χ3n) is 5.86. The number of aromatic nitrogens is 1. The van der Waals surface area contributed by atoms with E-state index in [4.69, 9.17) is 17.0 Å². The molecule has 4 N–H and O–H groups in total. The van der Waals surface area contributed by atoms with Crippen molar-refractivity contribution in [2.24, 2.45) is 0 Å². The van der Waals surface area contributed by atoms with Gasteiger partial charge in [-0.25, -0.2) is 0 Å². The van der Waals surface area contributed by atoms with Gasteiger partial charge in [0, 0.05) is 42.5 Å². The molecule has 158 valence electrons. The normalized spacial score (nSPS) is 15.7. The third-order valence-corrected chi connectivity index (χ3v) is 6.15. The Morgan fingerprint density at radius 3 is 2.63 bits per heavy atom. The van der Waals surface area contributed by atoms with Gasteiger partial charge in [-0.15, -0.1) is 0 Å². The Hall–Kier alpha value is -2.41. The van der Waals surface area contributed by atoms with Crippen molar-refractivity contribution in [2.75, 3.05) is 45.9 Å². The Bertz CT molecular complexity index is 937. The highest BCUT2D eigenvalue weighted by Crippen LogP contribution is 2.30. The molecule has 1 atom stereocenters. The summed E-state index contributed by atoms with van der Waals surface area (Å²) in [6.07, 6.45) is 3.24. The van der Waals surface area contributed by atoms with Crippen LogP contribution in [0.25, 0.3) is 10.9 Å². The van der Waals surface area contributed by atoms with Crippen LogP contribution in [0.15, 0.2) is 60.8 Å². The SMILES string of the molecule is S=C(NCCC[NH+]1CCOCC1)NC[C@H](c1ccccc1)c1c[nH]c2ccccc12. The van der Waals surface area contributed by atoms with Crippen molar-refractivity contribution in [1.29, 1.82) is 0 Å². The van der Waals surface area contributed by atoms with Gasteiger partial charge in [0.25, 0.3) is 0 Å². The zero-order valence-electron chi connectivity index (χ0n) is 17.3. The summed E-state index contributed by atoms with van der Waals surface area (Å²) in [6, 6.07) is 19.1. The highest BCUT2D eigenvalue weighted by molar-refractivity contribution is 7.80. The minimum absolute atomic E-state index is 0.222. The van der Waals surface area contributed by atoms with Gasteiger partial charge in [-0.1, -0.05) is 48.5 Å². The lowest BCUT2D eigenvalue weighted by molar-refractivity contribution is -0.908. The molecule has 30 heavy (non-hydrogen) atoms. The lowest BCUT2D eigenvalue weighted by Crippen LogP contribution is -3.14. The lowest BCUT2D eigenvalue weighted by Gasteiger charge is -2.24. The van der Waals surface area contributed by atoms with Crippen LogP contribution in [0.2, 0.25) is 0 Å².